The van der Waals surface area contributed by atoms with Crippen LogP contribution in [0.2, 0.25) is 0 Å². The first-order valence-corrected chi connectivity index (χ1v) is 6.45. The van der Waals surface area contributed by atoms with Crippen LogP contribution in [-0.4, -0.2) is 22.0 Å². The molecule has 20 heavy (non-hydrogen) atoms. The molecule has 1 heterocycles. The number of aliphatic carboxylic acids is 1. The Hall–Kier alpha value is -2.65. The largest absolute Gasteiger partial charge is 0.472 e. The number of nitrogens with one attached hydrogen (secondary N) is 1. The first-order chi connectivity index (χ1) is 9.56. The van der Waals surface area contributed by atoms with Crippen LogP contribution in [0.4, 0.5) is 5.13 Å². The van der Waals surface area contributed by atoms with E-state index in [-0.39, 0.29) is 5.91 Å². The molecular formula is C14H10N2O3S. The third-order valence-electron chi connectivity index (χ3n) is 2.32. The number of carboxylic acid groups (broad SMARTS) is 1. The lowest BCUT2D eigenvalue weighted by Crippen LogP contribution is -2.13. The van der Waals surface area contributed by atoms with Gasteiger partial charge in [0.05, 0.1) is 5.56 Å². The van der Waals surface area contributed by atoms with Crippen LogP contribution in [0.3, 0.4) is 0 Å². The van der Waals surface area contributed by atoms with Gasteiger partial charge < -0.3 is 5.11 Å². The van der Waals surface area contributed by atoms with Crippen molar-refractivity contribution in [3.8, 4) is 11.8 Å². The van der Waals surface area contributed by atoms with Crippen LogP contribution >= 0.6 is 11.3 Å². The van der Waals surface area contributed by atoms with E-state index in [9.17, 15) is 9.59 Å². The second-order valence-corrected chi connectivity index (χ2v) is 5.07. The van der Waals surface area contributed by atoms with Crippen LogP contribution in [0.15, 0.2) is 30.5 Å². The molecule has 2 N–H and O–H groups in total. The Kier molecular flexibility index (Phi) is 4.13. The Labute approximate surface area is 119 Å². The molecule has 1 aromatic carbocycles. The molecule has 5 nitrogen and oxygen atoms in total. The van der Waals surface area contributed by atoms with E-state index in [0.717, 1.165) is 4.88 Å². The monoisotopic (exact) mass is 286 g/mol. The molecule has 0 saturated carbocycles. The Balaban J connectivity index is 2.26. The van der Waals surface area contributed by atoms with Crippen molar-refractivity contribution in [1.82, 2.24) is 4.98 Å². The molecule has 0 atom stereocenters. The molecule has 0 spiro atoms. The predicted molar refractivity (Wildman–Crippen MR) is 75.8 cm³/mol. The third-order valence-corrected chi connectivity index (χ3v) is 3.15. The van der Waals surface area contributed by atoms with Gasteiger partial charge in [0.1, 0.15) is 0 Å². The predicted octanol–water partition coefficient (Wildman–Crippen LogP) is 2.14. The van der Waals surface area contributed by atoms with E-state index in [2.05, 4.69) is 16.2 Å². The first kappa shape index (κ1) is 13.8. The second kappa shape index (κ2) is 5.99. The molecule has 6 heteroatoms. The summed E-state index contributed by atoms with van der Waals surface area (Å²) in [4.78, 5) is 27.6. The van der Waals surface area contributed by atoms with Gasteiger partial charge in [-0.15, -0.1) is 11.3 Å². The summed E-state index contributed by atoms with van der Waals surface area (Å²) in [6.45, 7) is 1.89. The lowest BCUT2D eigenvalue weighted by molar-refractivity contribution is -0.130. The highest BCUT2D eigenvalue weighted by Crippen LogP contribution is 2.18. The summed E-state index contributed by atoms with van der Waals surface area (Å²) in [5.41, 5.74) is 0.676. The van der Waals surface area contributed by atoms with Crippen molar-refractivity contribution in [2.75, 3.05) is 5.32 Å². The smallest absolute Gasteiger partial charge is 0.382 e. The van der Waals surface area contributed by atoms with Crippen molar-refractivity contribution < 1.29 is 14.7 Å². The molecule has 100 valence electrons. The molecule has 2 rings (SSSR count). The van der Waals surface area contributed by atoms with Gasteiger partial charge in [-0.1, -0.05) is 18.1 Å². The number of anilines is 1. The zero-order valence-corrected chi connectivity index (χ0v) is 11.3. The average Bonchev–Trinajstić information content (AvgIpc) is 2.82. The Morgan fingerprint density at radius 2 is 2.10 bits per heavy atom. The van der Waals surface area contributed by atoms with Gasteiger partial charge in [0, 0.05) is 22.6 Å². The van der Waals surface area contributed by atoms with Gasteiger partial charge in [0.15, 0.2) is 5.13 Å². The number of carbonyl (C=O) groups excluding carboxylic acids is 1. The quantitative estimate of drug-likeness (QED) is 0.829. The molecule has 2 aromatic rings. The van der Waals surface area contributed by atoms with Gasteiger partial charge in [0.2, 0.25) is 0 Å². The molecule has 0 aliphatic carbocycles. The van der Waals surface area contributed by atoms with Gasteiger partial charge in [0.25, 0.3) is 5.91 Å². The highest BCUT2D eigenvalue weighted by Gasteiger charge is 2.11. The fourth-order valence-electron chi connectivity index (χ4n) is 1.49. The number of nitrogens with zero attached hydrogens (tertiary/aromatic N) is 1. The summed E-state index contributed by atoms with van der Waals surface area (Å²) >= 11 is 1.36. The van der Waals surface area contributed by atoms with Gasteiger partial charge in [-0.05, 0) is 19.1 Å². The zero-order chi connectivity index (χ0) is 14.5. The van der Waals surface area contributed by atoms with E-state index in [1.807, 2.05) is 12.8 Å². The average molecular weight is 286 g/mol. The zero-order valence-electron chi connectivity index (χ0n) is 10.5. The van der Waals surface area contributed by atoms with Crippen molar-refractivity contribution >= 4 is 28.3 Å². The van der Waals surface area contributed by atoms with E-state index in [0.29, 0.717) is 16.3 Å². The maximum Gasteiger partial charge on any atom is 0.382 e. The van der Waals surface area contributed by atoms with Gasteiger partial charge in [-0.25, -0.2) is 9.78 Å². The van der Waals surface area contributed by atoms with E-state index >= 15 is 0 Å². The summed E-state index contributed by atoms with van der Waals surface area (Å²) < 4.78 is 0. The van der Waals surface area contributed by atoms with E-state index in [4.69, 9.17) is 5.11 Å². The lowest BCUT2D eigenvalue weighted by Gasteiger charge is -2.03. The van der Waals surface area contributed by atoms with Crippen molar-refractivity contribution in [2.24, 2.45) is 0 Å². The fourth-order valence-corrected chi connectivity index (χ4v) is 2.15. The maximum atomic E-state index is 12.1. The Morgan fingerprint density at radius 1 is 1.35 bits per heavy atom. The van der Waals surface area contributed by atoms with Gasteiger partial charge in [-0.2, -0.15) is 0 Å². The summed E-state index contributed by atoms with van der Waals surface area (Å²) in [6, 6.07) is 6.56. The van der Waals surface area contributed by atoms with E-state index in [1.165, 1.54) is 11.3 Å². The summed E-state index contributed by atoms with van der Waals surface area (Å²) in [5.74, 6) is 2.85. The fraction of sp³-hybridized carbons (Fsp3) is 0.0714. The molecule has 0 saturated heterocycles. The highest BCUT2D eigenvalue weighted by atomic mass is 32.1. The minimum absolute atomic E-state index is 0.314. The third kappa shape index (κ3) is 3.43. The molecule has 0 radical (unpaired) electrons. The van der Waals surface area contributed by atoms with Crippen LogP contribution in [0.5, 0.6) is 0 Å². The number of carbonyl (C=O) groups is 2. The molecular weight excluding hydrogens is 276 g/mol. The molecule has 0 bridgehead atoms. The van der Waals surface area contributed by atoms with Crippen molar-refractivity contribution in [2.45, 2.75) is 6.92 Å². The minimum atomic E-state index is -1.24. The van der Waals surface area contributed by atoms with Crippen LogP contribution in [0.25, 0.3) is 0 Å². The Bertz CT molecular complexity index is 725. The van der Waals surface area contributed by atoms with Crippen LogP contribution in [0.1, 0.15) is 20.8 Å². The van der Waals surface area contributed by atoms with E-state index < -0.39 is 5.97 Å². The SMILES string of the molecule is Cc1cnc(NC(=O)c2ccccc2C#CC(=O)O)s1. The number of benzene rings is 1. The number of aryl methyl sites for hydroxylation is 1. The molecule has 0 aliphatic heterocycles. The number of hydrogen-bond acceptors (Lipinski definition) is 4. The number of thiazole rings is 1. The topological polar surface area (TPSA) is 79.3 Å². The summed E-state index contributed by atoms with van der Waals surface area (Å²) in [5, 5.41) is 11.7. The molecule has 0 aliphatic rings. The van der Waals surface area contributed by atoms with Crippen molar-refractivity contribution in [3.63, 3.8) is 0 Å². The first-order valence-electron chi connectivity index (χ1n) is 5.64. The van der Waals surface area contributed by atoms with Crippen LogP contribution in [-0.2, 0) is 4.79 Å². The molecule has 1 aromatic heterocycles. The van der Waals surface area contributed by atoms with E-state index in [1.54, 1.807) is 30.5 Å². The Morgan fingerprint density at radius 3 is 2.75 bits per heavy atom. The number of amides is 1. The molecule has 1 amide bonds. The number of aromatic nitrogens is 1. The number of rotatable bonds is 2. The molecule has 0 fully saturated rings. The van der Waals surface area contributed by atoms with Gasteiger partial charge in [-0.3, -0.25) is 10.1 Å². The van der Waals surface area contributed by atoms with Crippen molar-refractivity contribution in [3.05, 3.63) is 46.5 Å². The van der Waals surface area contributed by atoms with Crippen molar-refractivity contribution in [1.29, 1.82) is 0 Å². The standard InChI is InChI=1S/C14H10N2O3S/c1-9-8-15-14(20-9)16-13(19)11-5-3-2-4-10(11)6-7-12(17)18/h2-5,8H,1H3,(H,17,18)(H,15,16,19). The van der Waals surface area contributed by atoms with Crippen LogP contribution < -0.4 is 5.32 Å². The summed E-state index contributed by atoms with van der Waals surface area (Å²) in [6.07, 6.45) is 1.66. The number of hydrogen-bond donors (Lipinski definition) is 2. The second-order valence-electron chi connectivity index (χ2n) is 3.83. The highest BCUT2D eigenvalue weighted by molar-refractivity contribution is 7.15. The maximum absolute atomic E-state index is 12.1. The minimum Gasteiger partial charge on any atom is -0.472 e. The van der Waals surface area contributed by atoms with Crippen LogP contribution in [0, 0.1) is 18.8 Å². The van der Waals surface area contributed by atoms with Gasteiger partial charge >= 0.3 is 5.97 Å². The molecule has 0 unspecified atom stereocenters. The number of carboxylic acids is 1. The normalized spacial score (nSPS) is 9.45. The summed E-state index contributed by atoms with van der Waals surface area (Å²) in [7, 11) is 0. The lowest BCUT2D eigenvalue weighted by atomic mass is 10.1.